The van der Waals surface area contributed by atoms with Crippen LogP contribution in [-0.4, -0.2) is 17.7 Å². The van der Waals surface area contributed by atoms with E-state index in [2.05, 4.69) is 0 Å². The molecule has 0 spiro atoms. The van der Waals surface area contributed by atoms with Crippen LogP contribution in [-0.2, 0) is 35.7 Å². The number of carbonyl (C=O) groups is 1. The Labute approximate surface area is 192 Å². The SMILES string of the molecule is CCOC(=O)Cc1ccccc1OCc1cc2cc(CO)cc(-c3cccc(CN)c3)c2o1. The number of carbonyl (C=O) groups excluding carboxylic acids is 1. The predicted octanol–water partition coefficient (Wildman–Crippen LogP) is 4.74. The fourth-order valence-corrected chi connectivity index (χ4v) is 3.82. The van der Waals surface area contributed by atoms with Crippen LogP contribution in [0.1, 0.15) is 29.4 Å². The van der Waals surface area contributed by atoms with E-state index < -0.39 is 0 Å². The number of nitrogens with two attached hydrogens (primary N) is 1. The van der Waals surface area contributed by atoms with Gasteiger partial charge in [-0.05, 0) is 53.9 Å². The summed E-state index contributed by atoms with van der Waals surface area (Å²) < 4.78 is 17.2. The van der Waals surface area contributed by atoms with Crippen LogP contribution in [0.25, 0.3) is 22.1 Å². The molecule has 0 saturated heterocycles. The van der Waals surface area contributed by atoms with Crippen LogP contribution < -0.4 is 10.5 Å². The van der Waals surface area contributed by atoms with Gasteiger partial charge in [0.1, 0.15) is 23.7 Å². The smallest absolute Gasteiger partial charge is 0.310 e. The second-order valence-corrected chi connectivity index (χ2v) is 7.72. The zero-order valence-corrected chi connectivity index (χ0v) is 18.5. The van der Waals surface area contributed by atoms with Crippen molar-refractivity contribution in [2.75, 3.05) is 6.61 Å². The minimum absolute atomic E-state index is 0.0717. The fourth-order valence-electron chi connectivity index (χ4n) is 3.82. The molecule has 0 aliphatic heterocycles. The van der Waals surface area contributed by atoms with Gasteiger partial charge in [0.15, 0.2) is 0 Å². The number of para-hydroxylation sites is 1. The monoisotopic (exact) mass is 445 g/mol. The van der Waals surface area contributed by atoms with Crippen LogP contribution in [0.5, 0.6) is 5.75 Å². The first-order valence-corrected chi connectivity index (χ1v) is 10.9. The van der Waals surface area contributed by atoms with Gasteiger partial charge in [-0.3, -0.25) is 4.79 Å². The van der Waals surface area contributed by atoms with Crippen LogP contribution in [0, 0.1) is 0 Å². The minimum Gasteiger partial charge on any atom is -0.485 e. The molecule has 3 aromatic carbocycles. The van der Waals surface area contributed by atoms with Gasteiger partial charge in [0, 0.05) is 23.1 Å². The molecular formula is C27H27NO5. The van der Waals surface area contributed by atoms with Crippen molar-refractivity contribution in [3.63, 3.8) is 0 Å². The second kappa shape index (κ2) is 10.3. The Bertz CT molecular complexity index is 1260. The number of aliphatic hydroxyl groups is 1. The van der Waals surface area contributed by atoms with E-state index in [1.807, 2.05) is 66.7 Å². The molecule has 6 heteroatoms. The standard InChI is InChI=1S/C27H27NO5/c1-2-31-26(30)14-21-7-3-4-9-25(21)32-17-23-13-22-11-19(16-29)12-24(27(22)33-23)20-8-5-6-18(10-20)15-28/h3-13,29H,2,14-17,28H2,1H3. The Balaban J connectivity index is 1.62. The summed E-state index contributed by atoms with van der Waals surface area (Å²) in [6.45, 7) is 2.69. The number of furan rings is 1. The molecule has 170 valence electrons. The van der Waals surface area contributed by atoms with E-state index in [1.54, 1.807) is 6.92 Å². The molecule has 0 unspecified atom stereocenters. The molecule has 4 rings (SSSR count). The summed E-state index contributed by atoms with van der Waals surface area (Å²) in [5.74, 6) is 0.957. The zero-order valence-electron chi connectivity index (χ0n) is 18.5. The number of hydrogen-bond donors (Lipinski definition) is 2. The largest absolute Gasteiger partial charge is 0.485 e. The van der Waals surface area contributed by atoms with E-state index in [1.165, 1.54) is 0 Å². The first kappa shape index (κ1) is 22.6. The Morgan fingerprint density at radius 1 is 1.03 bits per heavy atom. The van der Waals surface area contributed by atoms with E-state index in [4.69, 9.17) is 19.6 Å². The van der Waals surface area contributed by atoms with E-state index in [0.29, 0.717) is 24.7 Å². The normalized spacial score (nSPS) is 11.0. The number of aliphatic hydroxyl groups excluding tert-OH is 1. The number of fused-ring (bicyclic) bond motifs is 1. The van der Waals surface area contributed by atoms with Crippen molar-refractivity contribution < 1.29 is 23.8 Å². The van der Waals surface area contributed by atoms with Crippen molar-refractivity contribution >= 4 is 16.9 Å². The average Bonchev–Trinajstić information content (AvgIpc) is 3.26. The summed E-state index contributed by atoms with van der Waals surface area (Å²) in [6, 6.07) is 21.1. The molecule has 3 N–H and O–H groups in total. The maximum Gasteiger partial charge on any atom is 0.310 e. The minimum atomic E-state index is -0.293. The van der Waals surface area contributed by atoms with Crippen LogP contribution in [0.4, 0.5) is 0 Å². The molecule has 6 nitrogen and oxygen atoms in total. The van der Waals surface area contributed by atoms with Crippen LogP contribution in [0.2, 0.25) is 0 Å². The van der Waals surface area contributed by atoms with Crippen molar-refractivity contribution in [2.45, 2.75) is 33.1 Å². The molecule has 0 aliphatic carbocycles. The fraction of sp³-hybridized carbons (Fsp3) is 0.222. The third kappa shape index (κ3) is 5.25. The Morgan fingerprint density at radius 3 is 2.67 bits per heavy atom. The Kier molecular flexibility index (Phi) is 7.07. The van der Waals surface area contributed by atoms with Crippen LogP contribution in [0.15, 0.2) is 71.1 Å². The van der Waals surface area contributed by atoms with E-state index >= 15 is 0 Å². The van der Waals surface area contributed by atoms with Gasteiger partial charge in [-0.2, -0.15) is 0 Å². The highest BCUT2D eigenvalue weighted by molar-refractivity contribution is 5.93. The van der Waals surface area contributed by atoms with Crippen molar-refractivity contribution in [3.05, 3.63) is 89.2 Å². The quantitative estimate of drug-likeness (QED) is 0.362. The van der Waals surface area contributed by atoms with E-state index in [9.17, 15) is 9.90 Å². The molecule has 0 aliphatic rings. The molecule has 0 amide bonds. The molecule has 0 saturated carbocycles. The molecule has 0 fully saturated rings. The summed E-state index contributed by atoms with van der Waals surface area (Å²) in [5.41, 5.74) is 11.0. The lowest BCUT2D eigenvalue weighted by molar-refractivity contribution is -0.142. The van der Waals surface area contributed by atoms with E-state index in [0.717, 1.165) is 38.8 Å². The van der Waals surface area contributed by atoms with Gasteiger partial charge in [0.2, 0.25) is 0 Å². The number of benzene rings is 3. The maximum absolute atomic E-state index is 11.9. The van der Waals surface area contributed by atoms with Crippen molar-refractivity contribution in [3.8, 4) is 16.9 Å². The van der Waals surface area contributed by atoms with Gasteiger partial charge >= 0.3 is 5.97 Å². The lowest BCUT2D eigenvalue weighted by Gasteiger charge is -2.10. The third-order valence-electron chi connectivity index (χ3n) is 5.37. The molecule has 1 heterocycles. The predicted molar refractivity (Wildman–Crippen MR) is 127 cm³/mol. The van der Waals surface area contributed by atoms with Crippen molar-refractivity contribution in [1.29, 1.82) is 0 Å². The first-order chi connectivity index (χ1) is 16.1. The number of esters is 1. The number of rotatable bonds is 9. The molecule has 0 radical (unpaired) electrons. The molecule has 0 atom stereocenters. The van der Waals surface area contributed by atoms with E-state index in [-0.39, 0.29) is 25.6 Å². The summed E-state index contributed by atoms with van der Waals surface area (Å²) in [4.78, 5) is 11.9. The van der Waals surface area contributed by atoms with Crippen molar-refractivity contribution in [1.82, 2.24) is 0 Å². The molecule has 33 heavy (non-hydrogen) atoms. The third-order valence-corrected chi connectivity index (χ3v) is 5.37. The number of ether oxygens (including phenoxy) is 2. The highest BCUT2D eigenvalue weighted by Gasteiger charge is 2.14. The molecular weight excluding hydrogens is 418 g/mol. The van der Waals surface area contributed by atoms with Crippen LogP contribution in [0.3, 0.4) is 0 Å². The first-order valence-electron chi connectivity index (χ1n) is 10.9. The maximum atomic E-state index is 11.9. The highest BCUT2D eigenvalue weighted by atomic mass is 16.5. The molecule has 4 aromatic rings. The van der Waals surface area contributed by atoms with Crippen LogP contribution >= 0.6 is 0 Å². The topological polar surface area (TPSA) is 94.9 Å². The summed E-state index contributed by atoms with van der Waals surface area (Å²) >= 11 is 0. The van der Waals surface area contributed by atoms with Gasteiger partial charge in [-0.25, -0.2) is 0 Å². The summed E-state index contributed by atoms with van der Waals surface area (Å²) in [5, 5.41) is 10.6. The number of hydrogen-bond acceptors (Lipinski definition) is 6. The second-order valence-electron chi connectivity index (χ2n) is 7.72. The van der Waals surface area contributed by atoms with Gasteiger partial charge in [-0.15, -0.1) is 0 Å². The molecule has 0 bridgehead atoms. The Morgan fingerprint density at radius 2 is 1.88 bits per heavy atom. The Hall–Kier alpha value is -3.61. The summed E-state index contributed by atoms with van der Waals surface area (Å²) in [6.07, 6.45) is 0.144. The lowest BCUT2D eigenvalue weighted by Crippen LogP contribution is -2.09. The average molecular weight is 446 g/mol. The lowest BCUT2D eigenvalue weighted by atomic mass is 9.99. The summed E-state index contributed by atoms with van der Waals surface area (Å²) in [7, 11) is 0. The van der Waals surface area contributed by atoms with Gasteiger partial charge in [-0.1, -0.05) is 36.4 Å². The highest BCUT2D eigenvalue weighted by Crippen LogP contribution is 2.33. The molecule has 1 aromatic heterocycles. The van der Waals surface area contributed by atoms with Crippen molar-refractivity contribution in [2.24, 2.45) is 5.73 Å². The van der Waals surface area contributed by atoms with Gasteiger partial charge in [0.25, 0.3) is 0 Å². The zero-order chi connectivity index (χ0) is 23.2. The van der Waals surface area contributed by atoms with Gasteiger partial charge < -0.3 is 24.7 Å². The van der Waals surface area contributed by atoms with Gasteiger partial charge in [0.05, 0.1) is 19.6 Å².